The van der Waals surface area contributed by atoms with Gasteiger partial charge in [-0.15, -0.1) is 12.4 Å². The van der Waals surface area contributed by atoms with Gasteiger partial charge < -0.3 is 15.2 Å². The Morgan fingerprint density at radius 1 is 1.41 bits per heavy atom. The average Bonchev–Trinajstić information content (AvgIpc) is 2.32. The molecule has 0 spiro atoms. The lowest BCUT2D eigenvalue weighted by atomic mass is 10.2. The molecule has 1 aliphatic rings. The number of morpholine rings is 1. The topological polar surface area (TPSA) is 58.6 Å². The van der Waals surface area contributed by atoms with E-state index < -0.39 is 5.97 Å². The molecule has 1 atom stereocenters. The van der Waals surface area contributed by atoms with E-state index in [4.69, 9.17) is 9.84 Å². The Hall–Kier alpha value is -1.10. The average molecular weight is 260 g/mol. The SMILES string of the molecule is CC1CNCCO1.Cl.O=C(O)c1ccccc1. The Labute approximate surface area is 107 Å². The van der Waals surface area contributed by atoms with Crippen LogP contribution in [-0.2, 0) is 4.74 Å². The van der Waals surface area contributed by atoms with Crippen molar-refractivity contribution in [1.82, 2.24) is 5.32 Å². The normalized spacial score (nSPS) is 18.3. The maximum atomic E-state index is 10.2. The van der Waals surface area contributed by atoms with Crippen LogP contribution < -0.4 is 5.32 Å². The molecule has 5 heteroatoms. The minimum atomic E-state index is -0.879. The number of halogens is 1. The molecule has 4 nitrogen and oxygen atoms in total. The monoisotopic (exact) mass is 259 g/mol. The summed E-state index contributed by atoms with van der Waals surface area (Å²) in [7, 11) is 0. The van der Waals surface area contributed by atoms with E-state index in [0.717, 1.165) is 19.7 Å². The van der Waals surface area contributed by atoms with Crippen molar-refractivity contribution in [3.05, 3.63) is 35.9 Å². The van der Waals surface area contributed by atoms with Crippen LogP contribution in [0.3, 0.4) is 0 Å². The number of hydrogen-bond donors (Lipinski definition) is 2. The summed E-state index contributed by atoms with van der Waals surface area (Å²) >= 11 is 0. The van der Waals surface area contributed by atoms with E-state index in [9.17, 15) is 4.79 Å². The molecular weight excluding hydrogens is 242 g/mol. The molecule has 0 bridgehead atoms. The van der Waals surface area contributed by atoms with Crippen molar-refractivity contribution >= 4 is 18.4 Å². The molecule has 1 aromatic rings. The molecule has 96 valence electrons. The van der Waals surface area contributed by atoms with Crippen LogP contribution in [0, 0.1) is 0 Å². The van der Waals surface area contributed by atoms with Gasteiger partial charge in [0.15, 0.2) is 0 Å². The van der Waals surface area contributed by atoms with Crippen molar-refractivity contribution in [2.75, 3.05) is 19.7 Å². The first kappa shape index (κ1) is 15.9. The summed E-state index contributed by atoms with van der Waals surface area (Å²) in [6.45, 7) is 4.98. The Kier molecular flexibility index (Phi) is 8.40. The lowest BCUT2D eigenvalue weighted by Crippen LogP contribution is -2.36. The molecule has 2 rings (SSSR count). The van der Waals surface area contributed by atoms with Gasteiger partial charge in [0.25, 0.3) is 0 Å². The Morgan fingerprint density at radius 2 is 2.06 bits per heavy atom. The number of benzene rings is 1. The number of carboxylic acid groups (broad SMARTS) is 1. The van der Waals surface area contributed by atoms with E-state index >= 15 is 0 Å². The molecule has 0 amide bonds. The van der Waals surface area contributed by atoms with Gasteiger partial charge in [0.2, 0.25) is 0 Å². The third-order valence-corrected chi connectivity index (χ3v) is 2.13. The minimum absolute atomic E-state index is 0. The van der Waals surface area contributed by atoms with Crippen molar-refractivity contribution in [1.29, 1.82) is 0 Å². The first-order valence-electron chi connectivity index (χ1n) is 5.31. The Morgan fingerprint density at radius 3 is 2.35 bits per heavy atom. The molecule has 0 saturated carbocycles. The second kappa shape index (κ2) is 8.98. The molecule has 2 N–H and O–H groups in total. The van der Waals surface area contributed by atoms with E-state index in [1.165, 1.54) is 0 Å². The van der Waals surface area contributed by atoms with E-state index in [1.54, 1.807) is 30.3 Å². The zero-order valence-electron chi connectivity index (χ0n) is 9.76. The summed E-state index contributed by atoms with van der Waals surface area (Å²) in [5.74, 6) is -0.879. The van der Waals surface area contributed by atoms with Crippen molar-refractivity contribution in [3.63, 3.8) is 0 Å². The molecule has 1 aromatic carbocycles. The fourth-order valence-electron chi connectivity index (χ4n) is 1.28. The van der Waals surface area contributed by atoms with Gasteiger partial charge in [-0.25, -0.2) is 4.79 Å². The van der Waals surface area contributed by atoms with Crippen molar-refractivity contribution in [2.24, 2.45) is 0 Å². The van der Waals surface area contributed by atoms with Crippen LogP contribution in [0.1, 0.15) is 17.3 Å². The van der Waals surface area contributed by atoms with Crippen LogP contribution >= 0.6 is 12.4 Å². The molecule has 17 heavy (non-hydrogen) atoms. The molecule has 1 saturated heterocycles. The number of carbonyl (C=O) groups is 1. The van der Waals surface area contributed by atoms with Crippen LogP contribution in [0.15, 0.2) is 30.3 Å². The zero-order valence-corrected chi connectivity index (χ0v) is 10.6. The second-order valence-corrected chi connectivity index (χ2v) is 3.56. The number of aromatic carboxylic acids is 1. The fourth-order valence-corrected chi connectivity index (χ4v) is 1.28. The molecular formula is C12H18ClNO3. The highest BCUT2D eigenvalue weighted by Gasteiger charge is 2.04. The lowest BCUT2D eigenvalue weighted by molar-refractivity contribution is 0.0410. The first-order chi connectivity index (χ1) is 7.70. The number of hydrogen-bond acceptors (Lipinski definition) is 3. The quantitative estimate of drug-likeness (QED) is 0.808. The minimum Gasteiger partial charge on any atom is -0.478 e. The summed E-state index contributed by atoms with van der Waals surface area (Å²) < 4.78 is 5.22. The van der Waals surface area contributed by atoms with Gasteiger partial charge in [-0.3, -0.25) is 0 Å². The van der Waals surface area contributed by atoms with Crippen LogP contribution in [-0.4, -0.2) is 36.9 Å². The molecule has 0 radical (unpaired) electrons. The molecule has 1 fully saturated rings. The highest BCUT2D eigenvalue weighted by molar-refractivity contribution is 5.87. The van der Waals surface area contributed by atoms with E-state index in [1.807, 2.05) is 0 Å². The van der Waals surface area contributed by atoms with Crippen molar-refractivity contribution in [2.45, 2.75) is 13.0 Å². The van der Waals surface area contributed by atoms with Gasteiger partial charge in [-0.1, -0.05) is 18.2 Å². The molecule has 1 aliphatic heterocycles. The summed E-state index contributed by atoms with van der Waals surface area (Å²) in [6, 6.07) is 8.30. The van der Waals surface area contributed by atoms with Gasteiger partial charge in [0.05, 0.1) is 18.3 Å². The molecule has 1 unspecified atom stereocenters. The number of ether oxygens (including phenoxy) is 1. The summed E-state index contributed by atoms with van der Waals surface area (Å²) in [5.41, 5.74) is 0.331. The number of carboxylic acids is 1. The van der Waals surface area contributed by atoms with E-state index in [2.05, 4.69) is 12.2 Å². The van der Waals surface area contributed by atoms with Crippen LogP contribution in [0.2, 0.25) is 0 Å². The predicted molar refractivity (Wildman–Crippen MR) is 68.9 cm³/mol. The predicted octanol–water partition coefficient (Wildman–Crippen LogP) is 1.80. The second-order valence-electron chi connectivity index (χ2n) is 3.56. The van der Waals surface area contributed by atoms with Crippen molar-refractivity contribution < 1.29 is 14.6 Å². The summed E-state index contributed by atoms with van der Waals surface area (Å²) in [6.07, 6.45) is 0.425. The third kappa shape index (κ3) is 6.94. The zero-order chi connectivity index (χ0) is 11.8. The third-order valence-electron chi connectivity index (χ3n) is 2.13. The highest BCUT2D eigenvalue weighted by Crippen LogP contribution is 1.96. The first-order valence-corrected chi connectivity index (χ1v) is 5.31. The van der Waals surface area contributed by atoms with Gasteiger partial charge in [-0.2, -0.15) is 0 Å². The lowest BCUT2D eigenvalue weighted by Gasteiger charge is -2.18. The van der Waals surface area contributed by atoms with Gasteiger partial charge >= 0.3 is 5.97 Å². The summed E-state index contributed by atoms with van der Waals surface area (Å²) in [4.78, 5) is 10.2. The van der Waals surface area contributed by atoms with Gasteiger partial charge in [0.1, 0.15) is 0 Å². The maximum absolute atomic E-state index is 10.2. The number of nitrogens with one attached hydrogen (secondary N) is 1. The smallest absolute Gasteiger partial charge is 0.335 e. The number of rotatable bonds is 1. The standard InChI is InChI=1S/C7H6O2.C5H11NO.ClH/c8-7(9)6-4-2-1-3-5-6;1-5-4-6-2-3-7-5;/h1-5H,(H,8,9);5-6H,2-4H2,1H3;1H. The van der Waals surface area contributed by atoms with Crippen LogP contribution in [0.25, 0.3) is 0 Å². The summed E-state index contributed by atoms with van der Waals surface area (Å²) in [5, 5.41) is 11.6. The highest BCUT2D eigenvalue weighted by atomic mass is 35.5. The molecule has 1 heterocycles. The van der Waals surface area contributed by atoms with E-state index in [0.29, 0.717) is 11.7 Å². The van der Waals surface area contributed by atoms with Crippen LogP contribution in [0.4, 0.5) is 0 Å². The molecule has 0 aromatic heterocycles. The Bertz CT molecular complexity index is 313. The Balaban J connectivity index is 0.000000292. The fraction of sp³-hybridized carbons (Fsp3) is 0.417. The van der Waals surface area contributed by atoms with Gasteiger partial charge in [-0.05, 0) is 19.1 Å². The van der Waals surface area contributed by atoms with Gasteiger partial charge in [0, 0.05) is 13.1 Å². The van der Waals surface area contributed by atoms with Crippen LogP contribution in [0.5, 0.6) is 0 Å². The maximum Gasteiger partial charge on any atom is 0.335 e. The molecule has 0 aliphatic carbocycles. The van der Waals surface area contributed by atoms with E-state index in [-0.39, 0.29) is 12.4 Å². The largest absolute Gasteiger partial charge is 0.478 e. The van der Waals surface area contributed by atoms with Crippen molar-refractivity contribution in [3.8, 4) is 0 Å².